The lowest BCUT2D eigenvalue weighted by Gasteiger charge is -2.22. The van der Waals surface area contributed by atoms with E-state index in [4.69, 9.17) is 16.3 Å². The van der Waals surface area contributed by atoms with Crippen molar-refractivity contribution >= 4 is 49.0 Å². The van der Waals surface area contributed by atoms with Gasteiger partial charge in [-0.1, -0.05) is 30.9 Å². The Morgan fingerprint density at radius 2 is 1.61 bits per heavy atom. The van der Waals surface area contributed by atoms with Crippen LogP contribution < -0.4 is 10.0 Å². The van der Waals surface area contributed by atoms with E-state index < -0.39 is 37.8 Å². The van der Waals surface area contributed by atoms with E-state index in [-0.39, 0.29) is 26.1 Å². The monoisotopic (exact) mass is 556 g/mol. The molecule has 1 amide bonds. The molecule has 0 bridgehead atoms. The fraction of sp³-hybridized carbons (Fsp3) is 0.417. The summed E-state index contributed by atoms with van der Waals surface area (Å²) in [6, 6.07) is 8.70. The number of sulfone groups is 1. The maximum absolute atomic E-state index is 12.8. The van der Waals surface area contributed by atoms with Gasteiger partial charge in [0.15, 0.2) is 15.9 Å². The van der Waals surface area contributed by atoms with Crippen LogP contribution in [0.2, 0.25) is 5.02 Å². The number of halogens is 1. The molecule has 0 aliphatic heterocycles. The molecule has 36 heavy (non-hydrogen) atoms. The lowest BCUT2D eigenvalue weighted by molar-refractivity contribution is -0.129. The number of benzene rings is 2. The first kappa shape index (κ1) is 27.9. The summed E-state index contributed by atoms with van der Waals surface area (Å²) >= 11 is 6.11. The fourth-order valence-electron chi connectivity index (χ4n) is 3.87. The largest absolute Gasteiger partial charge is 0.449 e. The molecule has 2 aromatic rings. The van der Waals surface area contributed by atoms with Crippen LogP contribution in [0.5, 0.6) is 0 Å². The lowest BCUT2D eigenvalue weighted by atomic mass is 9.89. The molecule has 1 atom stereocenters. The third-order valence-electron chi connectivity index (χ3n) is 5.95. The highest BCUT2D eigenvalue weighted by Crippen LogP contribution is 2.25. The Balaban J connectivity index is 1.67. The molecular formula is C24H29ClN2O7S2. The molecule has 1 aliphatic carbocycles. The molecule has 1 aliphatic rings. The first-order valence-corrected chi connectivity index (χ1v) is 15.2. The van der Waals surface area contributed by atoms with Crippen molar-refractivity contribution in [2.75, 3.05) is 17.5 Å². The molecule has 12 heteroatoms. The highest BCUT2D eigenvalue weighted by atomic mass is 35.5. The summed E-state index contributed by atoms with van der Waals surface area (Å²) in [7, 11) is -7.58. The van der Waals surface area contributed by atoms with E-state index in [0.29, 0.717) is 12.5 Å². The van der Waals surface area contributed by atoms with E-state index in [1.54, 1.807) is 0 Å². The van der Waals surface area contributed by atoms with Crippen molar-refractivity contribution < 1.29 is 31.2 Å². The predicted octanol–water partition coefficient (Wildman–Crippen LogP) is 3.79. The van der Waals surface area contributed by atoms with E-state index >= 15 is 0 Å². The summed E-state index contributed by atoms with van der Waals surface area (Å²) in [6.07, 6.45) is 5.56. The number of amides is 1. The minimum absolute atomic E-state index is 0.0359. The van der Waals surface area contributed by atoms with Crippen molar-refractivity contribution in [1.29, 1.82) is 0 Å². The van der Waals surface area contributed by atoms with Gasteiger partial charge < -0.3 is 10.1 Å². The van der Waals surface area contributed by atoms with E-state index in [0.717, 1.165) is 38.0 Å². The molecule has 1 saturated carbocycles. The average Bonchev–Trinajstić information content (AvgIpc) is 2.82. The van der Waals surface area contributed by atoms with Gasteiger partial charge in [-0.25, -0.2) is 21.6 Å². The SMILES string of the molecule is CC(OC(=O)c1cc(S(=O)(=O)Nc2ccc(S(C)(=O)=O)cc2)ccc1Cl)C(=O)NCC1CCCCC1. The maximum Gasteiger partial charge on any atom is 0.340 e. The molecule has 1 unspecified atom stereocenters. The smallest absolute Gasteiger partial charge is 0.340 e. The molecule has 1 fully saturated rings. The second-order valence-electron chi connectivity index (χ2n) is 8.84. The maximum atomic E-state index is 12.8. The highest BCUT2D eigenvalue weighted by molar-refractivity contribution is 7.92. The van der Waals surface area contributed by atoms with Crippen molar-refractivity contribution in [3.8, 4) is 0 Å². The van der Waals surface area contributed by atoms with Crippen LogP contribution in [0.3, 0.4) is 0 Å². The van der Waals surface area contributed by atoms with Gasteiger partial charge in [0.25, 0.3) is 15.9 Å². The molecule has 2 N–H and O–H groups in total. The van der Waals surface area contributed by atoms with Crippen molar-refractivity contribution in [3.05, 3.63) is 53.1 Å². The van der Waals surface area contributed by atoms with Gasteiger partial charge in [-0.05, 0) is 68.1 Å². The Hall–Kier alpha value is -2.63. The average molecular weight is 557 g/mol. The molecule has 0 heterocycles. The number of nitrogens with one attached hydrogen (secondary N) is 2. The number of anilines is 1. The summed E-state index contributed by atoms with van der Waals surface area (Å²) in [5.74, 6) is -0.958. The second-order valence-corrected chi connectivity index (χ2v) is 12.9. The van der Waals surface area contributed by atoms with Gasteiger partial charge in [0.1, 0.15) is 0 Å². The third-order valence-corrected chi connectivity index (χ3v) is 8.78. The number of hydrogen-bond donors (Lipinski definition) is 2. The predicted molar refractivity (Wildman–Crippen MR) is 136 cm³/mol. The van der Waals surface area contributed by atoms with Crippen molar-refractivity contribution in [1.82, 2.24) is 5.32 Å². The molecule has 3 rings (SSSR count). The fourth-order valence-corrected chi connectivity index (χ4v) is 5.78. The number of hydrogen-bond acceptors (Lipinski definition) is 7. The number of carbonyl (C=O) groups excluding carboxylic acids is 2. The molecule has 2 aromatic carbocycles. The van der Waals surface area contributed by atoms with Gasteiger partial charge in [-0.15, -0.1) is 0 Å². The Bertz CT molecular complexity index is 1320. The van der Waals surface area contributed by atoms with Gasteiger partial charge in [-0.3, -0.25) is 9.52 Å². The third kappa shape index (κ3) is 7.44. The summed E-state index contributed by atoms with van der Waals surface area (Å²) in [5.41, 5.74) is -0.0800. The molecule has 196 valence electrons. The van der Waals surface area contributed by atoms with E-state index in [2.05, 4.69) is 10.0 Å². The molecule has 0 aromatic heterocycles. The zero-order valence-corrected chi connectivity index (χ0v) is 22.4. The van der Waals surface area contributed by atoms with Crippen LogP contribution >= 0.6 is 11.6 Å². The Kier molecular flexibility index (Phi) is 9.02. The zero-order chi connectivity index (χ0) is 26.5. The summed E-state index contributed by atoms with van der Waals surface area (Å²) in [5, 5.41) is 2.77. The van der Waals surface area contributed by atoms with Crippen LogP contribution in [-0.4, -0.2) is 47.6 Å². The Morgan fingerprint density at radius 3 is 2.22 bits per heavy atom. The number of rotatable bonds is 9. The van der Waals surface area contributed by atoms with Gasteiger partial charge in [0.05, 0.1) is 20.4 Å². The highest BCUT2D eigenvalue weighted by Gasteiger charge is 2.24. The van der Waals surface area contributed by atoms with Gasteiger partial charge >= 0.3 is 5.97 Å². The van der Waals surface area contributed by atoms with Crippen LogP contribution in [0.25, 0.3) is 0 Å². The van der Waals surface area contributed by atoms with E-state index in [1.165, 1.54) is 49.7 Å². The summed E-state index contributed by atoms with van der Waals surface area (Å²) < 4.78 is 56.4. The van der Waals surface area contributed by atoms with Crippen LogP contribution in [0.4, 0.5) is 5.69 Å². The van der Waals surface area contributed by atoms with Crippen LogP contribution in [0.1, 0.15) is 49.4 Å². The molecule has 0 spiro atoms. The van der Waals surface area contributed by atoms with Gasteiger partial charge in [-0.2, -0.15) is 0 Å². The van der Waals surface area contributed by atoms with Crippen LogP contribution in [-0.2, 0) is 29.4 Å². The number of ether oxygens (including phenoxy) is 1. The molecule has 0 radical (unpaired) electrons. The minimum atomic E-state index is -4.15. The van der Waals surface area contributed by atoms with Gasteiger partial charge in [0, 0.05) is 18.5 Å². The Morgan fingerprint density at radius 1 is 1.00 bits per heavy atom. The summed E-state index contributed by atoms with van der Waals surface area (Å²) in [6.45, 7) is 1.95. The van der Waals surface area contributed by atoms with Crippen LogP contribution in [0, 0.1) is 5.92 Å². The minimum Gasteiger partial charge on any atom is -0.449 e. The molecule has 9 nitrogen and oxygen atoms in total. The molecular weight excluding hydrogens is 528 g/mol. The lowest BCUT2D eigenvalue weighted by Crippen LogP contribution is -2.38. The number of carbonyl (C=O) groups is 2. The number of sulfonamides is 1. The van der Waals surface area contributed by atoms with Crippen molar-refractivity contribution in [2.45, 2.75) is 54.9 Å². The summed E-state index contributed by atoms with van der Waals surface area (Å²) in [4.78, 5) is 24.9. The van der Waals surface area contributed by atoms with Crippen LogP contribution in [0.15, 0.2) is 52.3 Å². The normalized spacial score (nSPS) is 15.6. The van der Waals surface area contributed by atoms with Gasteiger partial charge in [0.2, 0.25) is 0 Å². The standard InChI is InChI=1S/C24H29ClN2O7S2/c1-16(23(28)26-15-17-6-4-3-5-7-17)34-24(29)21-14-20(12-13-22(21)25)36(32,33)27-18-8-10-19(11-9-18)35(2,30)31/h8-14,16-17,27H,3-7,15H2,1-2H3,(H,26,28). The topological polar surface area (TPSA) is 136 Å². The molecule has 0 saturated heterocycles. The first-order valence-electron chi connectivity index (χ1n) is 11.5. The number of esters is 1. The van der Waals surface area contributed by atoms with Crippen molar-refractivity contribution in [2.24, 2.45) is 5.92 Å². The second kappa shape index (κ2) is 11.6. The van der Waals surface area contributed by atoms with E-state index in [9.17, 15) is 26.4 Å². The zero-order valence-electron chi connectivity index (χ0n) is 20.0. The quantitative estimate of drug-likeness (QED) is 0.448. The Labute approximate surface area is 216 Å². The van der Waals surface area contributed by atoms with Crippen molar-refractivity contribution in [3.63, 3.8) is 0 Å². The first-order chi connectivity index (χ1) is 16.9. The van der Waals surface area contributed by atoms with E-state index in [1.807, 2.05) is 0 Å².